The predicted molar refractivity (Wildman–Crippen MR) is 109 cm³/mol. The van der Waals surface area contributed by atoms with E-state index in [9.17, 15) is 4.79 Å². The summed E-state index contributed by atoms with van der Waals surface area (Å²) in [5, 5.41) is 7.76. The van der Waals surface area contributed by atoms with Gasteiger partial charge in [-0.1, -0.05) is 18.2 Å². The highest BCUT2D eigenvalue weighted by atomic mass is 16.5. The van der Waals surface area contributed by atoms with Crippen molar-refractivity contribution >= 4 is 11.6 Å². The maximum Gasteiger partial charge on any atom is 0.253 e. The van der Waals surface area contributed by atoms with Gasteiger partial charge in [0.25, 0.3) is 5.91 Å². The molecule has 1 aliphatic heterocycles. The number of aryl methyl sites for hydroxylation is 1. The second-order valence-corrected chi connectivity index (χ2v) is 7.69. The molecule has 0 unspecified atom stereocenters. The van der Waals surface area contributed by atoms with E-state index in [-0.39, 0.29) is 12.0 Å². The molecule has 148 valence electrons. The number of ether oxygens (including phenoxy) is 1. The average molecular weight is 389 g/mol. The van der Waals surface area contributed by atoms with E-state index in [1.165, 1.54) is 0 Å². The summed E-state index contributed by atoms with van der Waals surface area (Å²) < 4.78 is 7.30. The maximum atomic E-state index is 12.5. The van der Waals surface area contributed by atoms with E-state index < -0.39 is 0 Å². The standard InChI is InChI=1S/C22H23N5O2/c1-14-7-8-16(13-17(14)24-22(28)18-5-4-12-29-18)21-25-20(15-9-10-15)26-27(21)19-6-2-3-11-23-19/h2-3,6-8,11,13,15,18H,4-5,9-10,12H2,1H3,(H,24,28)/t18-/m0/s1. The number of anilines is 1. The number of benzene rings is 1. The fourth-order valence-corrected chi connectivity index (χ4v) is 3.56. The zero-order valence-electron chi connectivity index (χ0n) is 16.3. The van der Waals surface area contributed by atoms with Crippen LogP contribution in [0.15, 0.2) is 42.6 Å². The van der Waals surface area contributed by atoms with Gasteiger partial charge in [-0.25, -0.2) is 9.97 Å². The third kappa shape index (κ3) is 3.65. The molecule has 2 fully saturated rings. The summed E-state index contributed by atoms with van der Waals surface area (Å²) >= 11 is 0. The van der Waals surface area contributed by atoms with Crippen LogP contribution < -0.4 is 5.32 Å². The highest BCUT2D eigenvalue weighted by Gasteiger charge is 2.30. The van der Waals surface area contributed by atoms with Crippen LogP contribution in [0.25, 0.3) is 17.2 Å². The Labute approximate surface area is 169 Å². The molecule has 0 spiro atoms. The zero-order valence-corrected chi connectivity index (χ0v) is 16.3. The van der Waals surface area contributed by atoms with Crippen molar-refractivity contribution in [2.75, 3.05) is 11.9 Å². The van der Waals surface area contributed by atoms with Crippen LogP contribution in [-0.4, -0.2) is 38.4 Å². The molecule has 1 saturated heterocycles. The molecule has 0 bridgehead atoms. The van der Waals surface area contributed by atoms with Gasteiger partial charge in [0.1, 0.15) is 6.10 Å². The molecule has 1 amide bonds. The van der Waals surface area contributed by atoms with Crippen molar-refractivity contribution in [2.45, 2.75) is 44.6 Å². The van der Waals surface area contributed by atoms with Gasteiger partial charge in [-0.3, -0.25) is 4.79 Å². The molecule has 3 heterocycles. The number of aromatic nitrogens is 4. The first-order valence-corrected chi connectivity index (χ1v) is 10.1. The van der Waals surface area contributed by atoms with Gasteiger partial charge in [0, 0.05) is 30.0 Å². The molecule has 1 aliphatic carbocycles. The van der Waals surface area contributed by atoms with E-state index in [1.807, 2.05) is 43.3 Å². The number of nitrogens with zero attached hydrogens (tertiary/aromatic N) is 4. The van der Waals surface area contributed by atoms with Crippen molar-refractivity contribution in [3.05, 3.63) is 54.0 Å². The Bertz CT molecular complexity index is 1040. The van der Waals surface area contributed by atoms with E-state index in [0.717, 1.165) is 60.0 Å². The SMILES string of the molecule is Cc1ccc(-c2nc(C3CC3)nn2-c2ccccn2)cc1NC(=O)[C@@H]1CCCO1. The van der Waals surface area contributed by atoms with Crippen LogP contribution in [0.5, 0.6) is 0 Å². The summed E-state index contributed by atoms with van der Waals surface area (Å²) in [6, 6.07) is 11.7. The number of carbonyl (C=O) groups is 1. The van der Waals surface area contributed by atoms with Gasteiger partial charge in [-0.05, 0) is 56.4 Å². The summed E-state index contributed by atoms with van der Waals surface area (Å²) in [7, 11) is 0. The van der Waals surface area contributed by atoms with Crippen molar-refractivity contribution in [1.29, 1.82) is 0 Å². The molecule has 2 aliphatic rings. The smallest absolute Gasteiger partial charge is 0.253 e. The van der Waals surface area contributed by atoms with E-state index in [4.69, 9.17) is 14.8 Å². The number of amides is 1. The minimum absolute atomic E-state index is 0.0902. The van der Waals surface area contributed by atoms with Crippen LogP contribution >= 0.6 is 0 Å². The van der Waals surface area contributed by atoms with Crippen molar-refractivity contribution in [2.24, 2.45) is 0 Å². The number of rotatable bonds is 5. The van der Waals surface area contributed by atoms with Crippen LogP contribution in [0.3, 0.4) is 0 Å². The molecule has 29 heavy (non-hydrogen) atoms. The lowest BCUT2D eigenvalue weighted by Gasteiger charge is -2.14. The van der Waals surface area contributed by atoms with Gasteiger partial charge in [-0.2, -0.15) is 4.68 Å². The minimum atomic E-state index is -0.364. The Balaban J connectivity index is 1.51. The largest absolute Gasteiger partial charge is 0.368 e. The molecule has 3 aromatic rings. The summed E-state index contributed by atoms with van der Waals surface area (Å²) in [4.78, 5) is 21.8. The van der Waals surface area contributed by atoms with Crippen LogP contribution in [0, 0.1) is 6.92 Å². The second kappa shape index (κ2) is 7.40. The first kappa shape index (κ1) is 18.0. The van der Waals surface area contributed by atoms with Crippen LogP contribution in [0.1, 0.15) is 43.0 Å². The molecular formula is C22H23N5O2. The third-order valence-electron chi connectivity index (χ3n) is 5.41. The highest BCUT2D eigenvalue weighted by molar-refractivity contribution is 5.95. The van der Waals surface area contributed by atoms with Gasteiger partial charge >= 0.3 is 0 Å². The molecule has 1 aromatic carbocycles. The quantitative estimate of drug-likeness (QED) is 0.721. The number of nitrogens with one attached hydrogen (secondary N) is 1. The van der Waals surface area contributed by atoms with E-state index in [2.05, 4.69) is 10.3 Å². The first-order valence-electron chi connectivity index (χ1n) is 10.1. The van der Waals surface area contributed by atoms with Crippen molar-refractivity contribution in [1.82, 2.24) is 19.7 Å². The zero-order chi connectivity index (χ0) is 19.8. The molecule has 7 heteroatoms. The Hall–Kier alpha value is -3.06. The Morgan fingerprint density at radius 3 is 2.83 bits per heavy atom. The second-order valence-electron chi connectivity index (χ2n) is 7.69. The minimum Gasteiger partial charge on any atom is -0.368 e. The lowest BCUT2D eigenvalue weighted by molar-refractivity contribution is -0.124. The van der Waals surface area contributed by atoms with Crippen molar-refractivity contribution in [3.8, 4) is 17.2 Å². The molecular weight excluding hydrogens is 366 g/mol. The van der Waals surface area contributed by atoms with Gasteiger partial charge in [0.15, 0.2) is 17.5 Å². The number of hydrogen-bond acceptors (Lipinski definition) is 5. The fourth-order valence-electron chi connectivity index (χ4n) is 3.56. The van der Waals surface area contributed by atoms with Gasteiger partial charge < -0.3 is 10.1 Å². The van der Waals surface area contributed by atoms with Gasteiger partial charge in [0.05, 0.1) is 0 Å². The van der Waals surface area contributed by atoms with Crippen LogP contribution in [0.2, 0.25) is 0 Å². The molecule has 5 rings (SSSR count). The summed E-state index contributed by atoms with van der Waals surface area (Å²) in [5.41, 5.74) is 2.65. The van der Waals surface area contributed by atoms with Crippen LogP contribution in [-0.2, 0) is 9.53 Å². The first-order chi connectivity index (χ1) is 14.2. The number of hydrogen-bond donors (Lipinski definition) is 1. The fraction of sp³-hybridized carbons (Fsp3) is 0.364. The monoisotopic (exact) mass is 389 g/mol. The van der Waals surface area contributed by atoms with Crippen molar-refractivity contribution in [3.63, 3.8) is 0 Å². The molecule has 2 aromatic heterocycles. The molecule has 1 N–H and O–H groups in total. The van der Waals surface area contributed by atoms with E-state index in [0.29, 0.717) is 12.5 Å². The number of carbonyl (C=O) groups excluding carboxylic acids is 1. The van der Waals surface area contributed by atoms with Gasteiger partial charge in [-0.15, -0.1) is 5.10 Å². The highest BCUT2D eigenvalue weighted by Crippen LogP contribution is 2.39. The normalized spacial score (nSPS) is 18.7. The van der Waals surface area contributed by atoms with Crippen molar-refractivity contribution < 1.29 is 9.53 Å². The Morgan fingerprint density at radius 2 is 2.10 bits per heavy atom. The summed E-state index contributed by atoms with van der Waals surface area (Å²) in [6.07, 6.45) is 5.33. The lowest BCUT2D eigenvalue weighted by atomic mass is 10.1. The van der Waals surface area contributed by atoms with E-state index in [1.54, 1.807) is 10.9 Å². The molecule has 7 nitrogen and oxygen atoms in total. The topological polar surface area (TPSA) is 81.9 Å². The molecule has 1 saturated carbocycles. The van der Waals surface area contributed by atoms with E-state index >= 15 is 0 Å². The average Bonchev–Trinajstić information content (AvgIpc) is 3.27. The molecule has 0 radical (unpaired) electrons. The maximum absolute atomic E-state index is 12.5. The Morgan fingerprint density at radius 1 is 1.21 bits per heavy atom. The third-order valence-corrected chi connectivity index (χ3v) is 5.41. The lowest BCUT2D eigenvalue weighted by Crippen LogP contribution is -2.27. The van der Waals surface area contributed by atoms with Crippen LogP contribution in [0.4, 0.5) is 5.69 Å². The summed E-state index contributed by atoms with van der Waals surface area (Å²) in [5.74, 6) is 2.66. The van der Waals surface area contributed by atoms with Gasteiger partial charge in [0.2, 0.25) is 0 Å². The number of pyridine rings is 1. The summed E-state index contributed by atoms with van der Waals surface area (Å²) in [6.45, 7) is 2.63. The molecule has 1 atom stereocenters. The Kier molecular flexibility index (Phi) is 4.60. The predicted octanol–water partition coefficient (Wildman–Crippen LogP) is 3.63.